The summed E-state index contributed by atoms with van der Waals surface area (Å²) in [4.78, 5) is 33.4. The van der Waals surface area contributed by atoms with Crippen LogP contribution in [0.1, 0.15) is 16.1 Å². The number of hydrogen-bond donors (Lipinski definition) is 2. The minimum absolute atomic E-state index is 0.0526. The second-order valence-electron chi connectivity index (χ2n) is 4.34. The zero-order valence-electron chi connectivity index (χ0n) is 12.5. The van der Waals surface area contributed by atoms with Crippen LogP contribution in [0.2, 0.25) is 0 Å². The van der Waals surface area contributed by atoms with Gasteiger partial charge in [-0.2, -0.15) is 5.10 Å². The van der Waals surface area contributed by atoms with Crippen LogP contribution in [0.4, 0.5) is 0 Å². The topological polar surface area (TPSA) is 133 Å². The SMILES string of the molecule is COc1cc(C=NNC(=O)C(N)=O)ccc1OC(=O)c1ccco1. The van der Waals surface area contributed by atoms with Gasteiger partial charge in [0.15, 0.2) is 11.5 Å². The Kier molecular flexibility index (Phi) is 5.29. The average Bonchev–Trinajstić information content (AvgIpc) is 3.10. The molecule has 1 aromatic heterocycles. The fourth-order valence-corrected chi connectivity index (χ4v) is 1.61. The molecule has 9 nitrogen and oxygen atoms in total. The quantitative estimate of drug-likeness (QED) is 0.268. The molecule has 0 aliphatic carbocycles. The predicted octanol–water partition coefficient (Wildman–Crippen LogP) is 0.443. The molecule has 1 aromatic carbocycles. The van der Waals surface area contributed by atoms with E-state index in [2.05, 4.69) is 5.10 Å². The third kappa shape index (κ3) is 4.19. The first kappa shape index (κ1) is 16.7. The lowest BCUT2D eigenvalue weighted by atomic mass is 10.2. The van der Waals surface area contributed by atoms with Gasteiger partial charge in [0.05, 0.1) is 19.6 Å². The molecule has 0 saturated heterocycles. The van der Waals surface area contributed by atoms with Gasteiger partial charge in [-0.15, -0.1) is 0 Å². The van der Waals surface area contributed by atoms with E-state index in [9.17, 15) is 14.4 Å². The van der Waals surface area contributed by atoms with E-state index in [4.69, 9.17) is 19.6 Å². The van der Waals surface area contributed by atoms with E-state index >= 15 is 0 Å². The summed E-state index contributed by atoms with van der Waals surface area (Å²) >= 11 is 0. The van der Waals surface area contributed by atoms with E-state index in [-0.39, 0.29) is 17.3 Å². The first-order valence-corrected chi connectivity index (χ1v) is 6.58. The third-order valence-electron chi connectivity index (χ3n) is 2.72. The highest BCUT2D eigenvalue weighted by Crippen LogP contribution is 2.28. The number of benzene rings is 1. The van der Waals surface area contributed by atoms with Crippen LogP contribution in [-0.4, -0.2) is 31.1 Å². The van der Waals surface area contributed by atoms with Gasteiger partial charge in [-0.3, -0.25) is 9.59 Å². The molecular formula is C15H13N3O6. The summed E-state index contributed by atoms with van der Waals surface area (Å²) in [5, 5.41) is 3.57. The first-order chi connectivity index (χ1) is 11.5. The number of nitrogens with two attached hydrogens (primary N) is 1. The van der Waals surface area contributed by atoms with Gasteiger partial charge >= 0.3 is 17.8 Å². The van der Waals surface area contributed by atoms with E-state index in [1.165, 1.54) is 37.8 Å². The molecule has 9 heteroatoms. The number of carbonyl (C=O) groups is 3. The highest BCUT2D eigenvalue weighted by molar-refractivity contribution is 6.34. The molecule has 0 atom stereocenters. The number of ether oxygens (including phenoxy) is 2. The molecule has 24 heavy (non-hydrogen) atoms. The molecule has 2 aromatic rings. The lowest BCUT2D eigenvalue weighted by Crippen LogP contribution is -2.32. The minimum Gasteiger partial charge on any atom is -0.493 e. The molecule has 1 heterocycles. The fourth-order valence-electron chi connectivity index (χ4n) is 1.61. The standard InChI is InChI=1S/C15H13N3O6/c1-22-12-7-9(8-17-18-14(20)13(16)19)4-5-10(12)24-15(21)11-3-2-6-23-11/h2-8H,1H3,(H2,16,19)(H,18,20). The number of rotatable bonds is 5. The van der Waals surface area contributed by atoms with Gasteiger partial charge in [0.2, 0.25) is 5.76 Å². The van der Waals surface area contributed by atoms with Crippen molar-refractivity contribution >= 4 is 24.0 Å². The lowest BCUT2D eigenvalue weighted by Gasteiger charge is -2.08. The Morgan fingerprint density at radius 3 is 2.67 bits per heavy atom. The number of hydrogen-bond acceptors (Lipinski definition) is 7. The van der Waals surface area contributed by atoms with Crippen LogP contribution in [0.15, 0.2) is 46.1 Å². The third-order valence-corrected chi connectivity index (χ3v) is 2.72. The summed E-state index contributed by atoms with van der Waals surface area (Å²) in [7, 11) is 1.40. The molecule has 0 radical (unpaired) electrons. The van der Waals surface area contributed by atoms with Crippen LogP contribution in [0.3, 0.4) is 0 Å². The van der Waals surface area contributed by atoms with Crippen molar-refractivity contribution in [2.45, 2.75) is 0 Å². The molecule has 0 spiro atoms. The maximum Gasteiger partial charge on any atom is 0.379 e. The van der Waals surface area contributed by atoms with Crippen molar-refractivity contribution in [3.05, 3.63) is 47.9 Å². The van der Waals surface area contributed by atoms with E-state index in [1.807, 2.05) is 5.43 Å². The Labute approximate surface area is 136 Å². The van der Waals surface area contributed by atoms with Gasteiger partial charge in [-0.05, 0) is 35.9 Å². The van der Waals surface area contributed by atoms with Gasteiger partial charge < -0.3 is 19.6 Å². The molecule has 2 amide bonds. The van der Waals surface area contributed by atoms with Crippen LogP contribution in [0.5, 0.6) is 11.5 Å². The van der Waals surface area contributed by atoms with E-state index in [1.54, 1.807) is 12.1 Å². The Morgan fingerprint density at radius 1 is 1.25 bits per heavy atom. The van der Waals surface area contributed by atoms with E-state index < -0.39 is 17.8 Å². The second kappa shape index (κ2) is 7.58. The molecule has 2 rings (SSSR count). The van der Waals surface area contributed by atoms with Crippen LogP contribution < -0.4 is 20.6 Å². The summed E-state index contributed by atoms with van der Waals surface area (Å²) in [5.74, 6) is -2.37. The average molecular weight is 331 g/mol. The van der Waals surface area contributed by atoms with Gasteiger partial charge in [-0.1, -0.05) is 0 Å². The van der Waals surface area contributed by atoms with Gasteiger partial charge in [0, 0.05) is 0 Å². The van der Waals surface area contributed by atoms with Crippen molar-refractivity contribution in [2.75, 3.05) is 7.11 Å². The number of hydrazone groups is 1. The maximum atomic E-state index is 11.8. The van der Waals surface area contributed by atoms with Crippen molar-refractivity contribution in [3.63, 3.8) is 0 Å². The summed E-state index contributed by atoms with van der Waals surface area (Å²) in [6.07, 6.45) is 2.62. The van der Waals surface area contributed by atoms with Crippen LogP contribution >= 0.6 is 0 Å². The van der Waals surface area contributed by atoms with Gasteiger partial charge in [-0.25, -0.2) is 10.2 Å². The highest BCUT2D eigenvalue weighted by atomic mass is 16.6. The van der Waals surface area contributed by atoms with Crippen molar-refractivity contribution in [1.29, 1.82) is 0 Å². The van der Waals surface area contributed by atoms with Gasteiger partial charge in [0.1, 0.15) is 0 Å². The number of esters is 1. The van der Waals surface area contributed by atoms with Crippen LogP contribution in [0, 0.1) is 0 Å². The predicted molar refractivity (Wildman–Crippen MR) is 81.6 cm³/mol. The number of primary amides is 1. The molecule has 0 saturated carbocycles. The second-order valence-corrected chi connectivity index (χ2v) is 4.34. The van der Waals surface area contributed by atoms with Crippen molar-refractivity contribution in [2.24, 2.45) is 10.8 Å². The maximum absolute atomic E-state index is 11.8. The molecule has 3 N–H and O–H groups in total. The monoisotopic (exact) mass is 331 g/mol. The van der Waals surface area contributed by atoms with Crippen LogP contribution in [-0.2, 0) is 9.59 Å². The number of carbonyl (C=O) groups excluding carboxylic acids is 3. The lowest BCUT2D eigenvalue weighted by molar-refractivity contribution is -0.137. The Bertz CT molecular complexity index is 783. The summed E-state index contributed by atoms with van der Waals surface area (Å²) in [5.41, 5.74) is 7.24. The van der Waals surface area contributed by atoms with Crippen LogP contribution in [0.25, 0.3) is 0 Å². The Hall–Kier alpha value is -3.62. The highest BCUT2D eigenvalue weighted by Gasteiger charge is 2.14. The zero-order chi connectivity index (χ0) is 17.5. The number of nitrogens with zero attached hydrogens (tertiary/aromatic N) is 1. The van der Waals surface area contributed by atoms with E-state index in [0.29, 0.717) is 5.56 Å². The van der Waals surface area contributed by atoms with Crippen molar-refractivity contribution in [3.8, 4) is 11.5 Å². The first-order valence-electron chi connectivity index (χ1n) is 6.58. The number of amides is 2. The van der Waals surface area contributed by atoms with Crippen molar-refractivity contribution < 1.29 is 28.3 Å². The van der Waals surface area contributed by atoms with E-state index in [0.717, 1.165) is 0 Å². The summed E-state index contributed by atoms with van der Waals surface area (Å²) in [6, 6.07) is 7.60. The minimum atomic E-state index is -1.15. The number of nitrogens with one attached hydrogen (secondary N) is 1. The Morgan fingerprint density at radius 2 is 2.04 bits per heavy atom. The van der Waals surface area contributed by atoms with Gasteiger partial charge in [0.25, 0.3) is 0 Å². The molecule has 0 bridgehead atoms. The summed E-state index contributed by atoms with van der Waals surface area (Å²) < 4.78 is 15.3. The number of methoxy groups -OCH3 is 1. The molecule has 0 fully saturated rings. The molecular weight excluding hydrogens is 318 g/mol. The fraction of sp³-hybridized carbons (Fsp3) is 0.0667. The summed E-state index contributed by atoms with van der Waals surface area (Å²) in [6.45, 7) is 0. The number of furan rings is 1. The molecule has 0 unspecified atom stereocenters. The zero-order valence-corrected chi connectivity index (χ0v) is 12.5. The Balaban J connectivity index is 2.10. The molecule has 0 aliphatic heterocycles. The smallest absolute Gasteiger partial charge is 0.379 e. The largest absolute Gasteiger partial charge is 0.493 e. The molecule has 0 aliphatic rings. The normalized spacial score (nSPS) is 10.4. The van der Waals surface area contributed by atoms with Crippen molar-refractivity contribution in [1.82, 2.24) is 5.43 Å². The molecule has 124 valence electrons.